The molecule has 3 rings (SSSR count). The molecule has 1 atom stereocenters. The van der Waals surface area contributed by atoms with Gasteiger partial charge in [-0.2, -0.15) is 5.26 Å². The van der Waals surface area contributed by atoms with Crippen LogP contribution >= 0.6 is 11.8 Å². The molecule has 170 valence electrons. The number of allylic oxidation sites excluding steroid dienone is 2. The van der Waals surface area contributed by atoms with Gasteiger partial charge in [-0.1, -0.05) is 43.5 Å². The average Bonchev–Trinajstić information content (AvgIpc) is 3.35. The first-order valence-electron chi connectivity index (χ1n) is 10.4. The van der Waals surface area contributed by atoms with E-state index in [0.717, 1.165) is 6.42 Å². The van der Waals surface area contributed by atoms with Crippen molar-refractivity contribution >= 4 is 29.3 Å². The maximum Gasteiger partial charge on any atom is 0.337 e. The Morgan fingerprint density at radius 2 is 2.09 bits per heavy atom. The fourth-order valence-electron chi connectivity index (χ4n) is 3.41. The zero-order chi connectivity index (χ0) is 23.8. The Morgan fingerprint density at radius 1 is 1.33 bits per heavy atom. The molecule has 0 saturated carbocycles. The van der Waals surface area contributed by atoms with Crippen LogP contribution in [0, 0.1) is 11.3 Å². The molecular weight excluding hydrogens is 438 g/mol. The van der Waals surface area contributed by atoms with Gasteiger partial charge in [0.2, 0.25) is 5.91 Å². The Labute approximate surface area is 197 Å². The zero-order valence-electron chi connectivity index (χ0n) is 18.5. The van der Waals surface area contributed by atoms with Crippen molar-refractivity contribution in [2.24, 2.45) is 0 Å². The highest BCUT2D eigenvalue weighted by Crippen LogP contribution is 2.41. The number of aryl methyl sites for hydroxylation is 1. The number of hydrogen-bond donors (Lipinski definition) is 2. The minimum absolute atomic E-state index is 0.0487. The van der Waals surface area contributed by atoms with E-state index in [2.05, 4.69) is 30.2 Å². The molecular formula is C25H25N3O4S. The van der Waals surface area contributed by atoms with Gasteiger partial charge in [-0.25, -0.2) is 4.79 Å². The number of carbonyl (C=O) groups excluding carboxylic acids is 2. The number of dihydropyridines is 1. The maximum atomic E-state index is 12.7. The van der Waals surface area contributed by atoms with Crippen LogP contribution in [0.2, 0.25) is 0 Å². The van der Waals surface area contributed by atoms with Crippen LogP contribution in [0.5, 0.6) is 0 Å². The highest BCUT2D eigenvalue weighted by molar-refractivity contribution is 8.03. The molecule has 7 nitrogen and oxygen atoms in total. The molecule has 0 aliphatic carbocycles. The number of furan rings is 1. The summed E-state index contributed by atoms with van der Waals surface area (Å²) < 4.78 is 10.8. The van der Waals surface area contributed by atoms with Crippen molar-refractivity contribution in [3.8, 4) is 6.07 Å². The van der Waals surface area contributed by atoms with Gasteiger partial charge in [0.05, 0.1) is 40.2 Å². The molecule has 1 aromatic carbocycles. The Balaban J connectivity index is 1.80. The molecule has 0 bridgehead atoms. The second-order valence-corrected chi connectivity index (χ2v) is 8.23. The number of benzene rings is 1. The predicted molar refractivity (Wildman–Crippen MR) is 128 cm³/mol. The lowest BCUT2D eigenvalue weighted by molar-refractivity contribution is -0.138. The topological polar surface area (TPSA) is 104 Å². The van der Waals surface area contributed by atoms with E-state index >= 15 is 0 Å². The lowest BCUT2D eigenvalue weighted by Crippen LogP contribution is -2.29. The first-order chi connectivity index (χ1) is 16.0. The van der Waals surface area contributed by atoms with E-state index in [1.807, 2.05) is 24.3 Å². The summed E-state index contributed by atoms with van der Waals surface area (Å²) in [6.07, 6.45) is 3.88. The van der Waals surface area contributed by atoms with Crippen LogP contribution in [0.1, 0.15) is 31.1 Å². The second kappa shape index (κ2) is 11.2. The van der Waals surface area contributed by atoms with Crippen molar-refractivity contribution in [2.75, 3.05) is 17.7 Å². The second-order valence-electron chi connectivity index (χ2n) is 7.24. The molecule has 1 aliphatic heterocycles. The van der Waals surface area contributed by atoms with Crippen LogP contribution in [-0.2, 0) is 20.7 Å². The van der Waals surface area contributed by atoms with E-state index in [1.54, 1.807) is 19.1 Å². The van der Waals surface area contributed by atoms with E-state index < -0.39 is 11.9 Å². The van der Waals surface area contributed by atoms with Gasteiger partial charge in [-0.05, 0) is 43.2 Å². The number of nitriles is 1. The summed E-state index contributed by atoms with van der Waals surface area (Å²) in [7, 11) is 0. The van der Waals surface area contributed by atoms with Gasteiger partial charge in [0.25, 0.3) is 0 Å². The first-order valence-corrected chi connectivity index (χ1v) is 11.4. The zero-order valence-corrected chi connectivity index (χ0v) is 19.3. The van der Waals surface area contributed by atoms with Crippen molar-refractivity contribution in [1.29, 1.82) is 5.26 Å². The van der Waals surface area contributed by atoms with Crippen molar-refractivity contribution < 1.29 is 18.7 Å². The number of esters is 1. The number of amides is 1. The number of thioether (sulfide) groups is 1. The lowest BCUT2D eigenvalue weighted by Gasteiger charge is -2.27. The van der Waals surface area contributed by atoms with Gasteiger partial charge in [-0.3, -0.25) is 4.79 Å². The van der Waals surface area contributed by atoms with Crippen LogP contribution in [0.15, 0.2) is 81.6 Å². The van der Waals surface area contributed by atoms with Gasteiger partial charge >= 0.3 is 5.97 Å². The molecule has 0 unspecified atom stereocenters. The minimum Gasteiger partial charge on any atom is -0.468 e. The fraction of sp³-hybridized carbons (Fsp3) is 0.240. The van der Waals surface area contributed by atoms with Gasteiger partial charge in [0.1, 0.15) is 12.4 Å². The molecule has 2 aromatic rings. The number of rotatable bonds is 9. The monoisotopic (exact) mass is 463 g/mol. The lowest BCUT2D eigenvalue weighted by atomic mass is 9.86. The van der Waals surface area contributed by atoms with Crippen LogP contribution < -0.4 is 10.6 Å². The van der Waals surface area contributed by atoms with Gasteiger partial charge in [0.15, 0.2) is 0 Å². The Kier molecular flexibility index (Phi) is 8.17. The number of nitrogens with one attached hydrogen (secondary N) is 2. The molecule has 2 heterocycles. The third kappa shape index (κ3) is 5.76. The Morgan fingerprint density at radius 3 is 2.70 bits per heavy atom. The number of anilines is 1. The normalized spacial score (nSPS) is 15.5. The molecule has 1 aliphatic rings. The maximum absolute atomic E-state index is 12.7. The van der Waals surface area contributed by atoms with E-state index in [9.17, 15) is 14.9 Å². The van der Waals surface area contributed by atoms with Gasteiger partial charge < -0.3 is 19.8 Å². The fourth-order valence-corrected chi connectivity index (χ4v) is 4.30. The van der Waals surface area contributed by atoms with E-state index in [0.29, 0.717) is 22.2 Å². The molecule has 0 saturated heterocycles. The Hall–Kier alpha value is -3.70. The SMILES string of the molecule is C=CCOC(=O)C1=C(C)NC(SCC(=O)Nc2ccc(CC)cc2)=C(C#N)[C@@H]1c1ccco1. The van der Waals surface area contributed by atoms with Crippen molar-refractivity contribution in [3.63, 3.8) is 0 Å². The number of ether oxygens (including phenoxy) is 1. The summed E-state index contributed by atoms with van der Waals surface area (Å²) in [5, 5.41) is 16.4. The van der Waals surface area contributed by atoms with Crippen LogP contribution in [0.3, 0.4) is 0 Å². The largest absolute Gasteiger partial charge is 0.468 e. The van der Waals surface area contributed by atoms with Crippen LogP contribution in [0.4, 0.5) is 5.69 Å². The van der Waals surface area contributed by atoms with Gasteiger partial charge in [-0.15, -0.1) is 0 Å². The molecule has 2 N–H and O–H groups in total. The standard InChI is InChI=1S/C25H25N3O4S/c1-4-12-32-25(30)22-16(3)27-24(19(14-26)23(22)20-7-6-13-31-20)33-15-21(29)28-18-10-8-17(5-2)9-11-18/h4,6-11,13,23,27H,1,5,12,15H2,2-3H3,(H,28,29)/t23-/m1/s1. The summed E-state index contributed by atoms with van der Waals surface area (Å²) in [6, 6.07) is 13.2. The average molecular weight is 464 g/mol. The summed E-state index contributed by atoms with van der Waals surface area (Å²) >= 11 is 1.19. The summed E-state index contributed by atoms with van der Waals surface area (Å²) in [5.41, 5.74) is 2.99. The Bertz CT molecular complexity index is 1130. The van der Waals surface area contributed by atoms with Crippen LogP contribution in [-0.4, -0.2) is 24.2 Å². The summed E-state index contributed by atoms with van der Waals surface area (Å²) in [5.74, 6) is -0.987. The summed E-state index contributed by atoms with van der Waals surface area (Å²) in [6.45, 7) is 7.40. The first kappa shape index (κ1) is 24.0. The third-order valence-corrected chi connectivity index (χ3v) is 6.04. The highest BCUT2D eigenvalue weighted by Gasteiger charge is 2.37. The van der Waals surface area contributed by atoms with E-state index in [4.69, 9.17) is 9.15 Å². The van der Waals surface area contributed by atoms with Crippen molar-refractivity contribution in [3.05, 3.63) is 88.5 Å². The quantitative estimate of drug-likeness (QED) is 0.412. The number of nitrogens with zero attached hydrogens (tertiary/aromatic N) is 1. The molecule has 8 heteroatoms. The third-order valence-electron chi connectivity index (χ3n) is 5.02. The van der Waals surface area contributed by atoms with Crippen LogP contribution in [0.25, 0.3) is 0 Å². The molecule has 1 aromatic heterocycles. The molecule has 1 amide bonds. The molecule has 0 radical (unpaired) electrons. The van der Waals surface area contributed by atoms with E-state index in [-0.39, 0.29) is 29.4 Å². The summed E-state index contributed by atoms with van der Waals surface area (Å²) in [4.78, 5) is 25.3. The molecule has 0 spiro atoms. The minimum atomic E-state index is -0.740. The van der Waals surface area contributed by atoms with E-state index in [1.165, 1.54) is 29.7 Å². The van der Waals surface area contributed by atoms with Crippen molar-refractivity contribution in [1.82, 2.24) is 5.32 Å². The predicted octanol–water partition coefficient (Wildman–Crippen LogP) is 4.64. The van der Waals surface area contributed by atoms with Gasteiger partial charge in [0, 0.05) is 11.4 Å². The highest BCUT2D eigenvalue weighted by atomic mass is 32.2. The van der Waals surface area contributed by atoms with Crippen molar-refractivity contribution in [2.45, 2.75) is 26.2 Å². The molecule has 33 heavy (non-hydrogen) atoms. The molecule has 0 fully saturated rings. The number of carbonyl (C=O) groups is 2. The smallest absolute Gasteiger partial charge is 0.337 e. The number of hydrogen-bond acceptors (Lipinski definition) is 7.